The zero-order chi connectivity index (χ0) is 11.7. The molecule has 16 heavy (non-hydrogen) atoms. The van der Waals surface area contributed by atoms with Crippen LogP contribution in [0, 0.1) is 12.8 Å². The Balaban J connectivity index is 2.09. The van der Waals surface area contributed by atoms with E-state index in [0.29, 0.717) is 11.7 Å². The van der Waals surface area contributed by atoms with E-state index in [-0.39, 0.29) is 17.8 Å². The molecule has 5 heteroatoms. The number of H-pyrrole nitrogens is 1. The van der Waals surface area contributed by atoms with Crippen molar-refractivity contribution in [2.24, 2.45) is 5.92 Å². The van der Waals surface area contributed by atoms with Crippen molar-refractivity contribution in [2.45, 2.75) is 39.7 Å². The van der Waals surface area contributed by atoms with E-state index in [1.54, 1.807) is 6.92 Å². The molecule has 1 N–H and O–H groups in total. The molecule has 2 rings (SSSR count). The summed E-state index contributed by atoms with van der Waals surface area (Å²) in [4.78, 5) is 18.1. The van der Waals surface area contributed by atoms with Crippen molar-refractivity contribution in [3.63, 3.8) is 0 Å². The Morgan fingerprint density at radius 3 is 2.69 bits per heavy atom. The predicted octanol–water partition coefficient (Wildman–Crippen LogP) is 1.37. The van der Waals surface area contributed by atoms with Crippen LogP contribution < -0.4 is 0 Å². The smallest absolute Gasteiger partial charge is 0.293 e. The van der Waals surface area contributed by atoms with Gasteiger partial charge in [-0.15, -0.1) is 5.10 Å². The summed E-state index contributed by atoms with van der Waals surface area (Å²) in [5, 5.41) is 6.62. The first-order chi connectivity index (χ1) is 7.58. The Bertz CT molecular complexity index is 381. The Morgan fingerprint density at radius 2 is 2.25 bits per heavy atom. The maximum Gasteiger partial charge on any atom is 0.293 e. The van der Waals surface area contributed by atoms with Crippen LogP contribution in [0.1, 0.15) is 43.1 Å². The summed E-state index contributed by atoms with van der Waals surface area (Å²) < 4.78 is 0. The molecule has 1 aromatic heterocycles. The van der Waals surface area contributed by atoms with Crippen LogP contribution in [0.15, 0.2) is 0 Å². The minimum atomic E-state index is -0.0637. The van der Waals surface area contributed by atoms with Gasteiger partial charge in [-0.3, -0.25) is 9.89 Å². The Kier molecular flexibility index (Phi) is 2.94. The zero-order valence-corrected chi connectivity index (χ0v) is 10.0. The Hall–Kier alpha value is -1.39. The molecule has 1 amide bonds. The predicted molar refractivity (Wildman–Crippen MR) is 60.0 cm³/mol. The van der Waals surface area contributed by atoms with E-state index in [2.05, 4.69) is 15.2 Å². The average molecular weight is 222 g/mol. The third-order valence-electron chi connectivity index (χ3n) is 2.82. The second-order valence-corrected chi connectivity index (χ2v) is 4.74. The van der Waals surface area contributed by atoms with Gasteiger partial charge in [0.15, 0.2) is 0 Å². The molecule has 0 saturated heterocycles. The molecule has 1 fully saturated rings. The van der Waals surface area contributed by atoms with Gasteiger partial charge in [0, 0.05) is 12.6 Å². The van der Waals surface area contributed by atoms with Crippen molar-refractivity contribution in [3.8, 4) is 0 Å². The van der Waals surface area contributed by atoms with Gasteiger partial charge in [0.25, 0.3) is 5.91 Å². The lowest BCUT2D eigenvalue weighted by Crippen LogP contribution is -2.39. The standard InChI is InChI=1S/C11H18N4O/c1-7(2)15(6-9-4-5-9)11(16)10-12-8(3)13-14-10/h7,9H,4-6H2,1-3H3,(H,12,13,14). The monoisotopic (exact) mass is 222 g/mol. The molecule has 0 aromatic carbocycles. The number of carbonyl (C=O) groups excluding carboxylic acids is 1. The maximum atomic E-state index is 12.1. The Morgan fingerprint density at radius 1 is 1.56 bits per heavy atom. The fraction of sp³-hybridized carbons (Fsp3) is 0.727. The Labute approximate surface area is 95.2 Å². The molecule has 1 aromatic rings. The van der Waals surface area contributed by atoms with Crippen LogP contribution in [-0.2, 0) is 0 Å². The molecule has 1 saturated carbocycles. The van der Waals surface area contributed by atoms with Gasteiger partial charge in [0.1, 0.15) is 5.82 Å². The molecule has 0 radical (unpaired) electrons. The first-order valence-corrected chi connectivity index (χ1v) is 5.78. The van der Waals surface area contributed by atoms with Crippen molar-refractivity contribution in [1.82, 2.24) is 20.1 Å². The molecule has 0 unspecified atom stereocenters. The number of carbonyl (C=O) groups is 1. The van der Waals surface area contributed by atoms with Crippen LogP contribution in [0.2, 0.25) is 0 Å². The summed E-state index contributed by atoms with van der Waals surface area (Å²) in [6.07, 6.45) is 2.48. The largest absolute Gasteiger partial charge is 0.333 e. The van der Waals surface area contributed by atoms with Gasteiger partial charge in [-0.25, -0.2) is 4.98 Å². The molecule has 0 bridgehead atoms. The number of hydrogen-bond acceptors (Lipinski definition) is 3. The summed E-state index contributed by atoms with van der Waals surface area (Å²) >= 11 is 0. The summed E-state index contributed by atoms with van der Waals surface area (Å²) in [6, 6.07) is 0.201. The van der Waals surface area contributed by atoms with Crippen LogP contribution in [0.5, 0.6) is 0 Å². The molecule has 0 spiro atoms. The second-order valence-electron chi connectivity index (χ2n) is 4.74. The van der Waals surface area contributed by atoms with Crippen LogP contribution in [0.25, 0.3) is 0 Å². The van der Waals surface area contributed by atoms with E-state index in [0.717, 1.165) is 6.54 Å². The van der Waals surface area contributed by atoms with Crippen LogP contribution in [0.3, 0.4) is 0 Å². The minimum absolute atomic E-state index is 0.0637. The highest BCUT2D eigenvalue weighted by Crippen LogP contribution is 2.30. The lowest BCUT2D eigenvalue weighted by molar-refractivity contribution is 0.0684. The molecular weight excluding hydrogens is 204 g/mol. The normalized spacial score (nSPS) is 15.5. The number of nitrogens with one attached hydrogen (secondary N) is 1. The quantitative estimate of drug-likeness (QED) is 0.837. The maximum absolute atomic E-state index is 12.1. The molecule has 0 aliphatic heterocycles. The van der Waals surface area contributed by atoms with Crippen LogP contribution in [-0.4, -0.2) is 38.6 Å². The van der Waals surface area contributed by atoms with E-state index in [9.17, 15) is 4.79 Å². The van der Waals surface area contributed by atoms with Gasteiger partial charge in [-0.05, 0) is 39.5 Å². The molecule has 88 valence electrons. The number of aromatic nitrogens is 3. The van der Waals surface area contributed by atoms with E-state index >= 15 is 0 Å². The number of aryl methyl sites for hydroxylation is 1. The minimum Gasteiger partial charge on any atom is -0.333 e. The molecular formula is C11H18N4O. The first-order valence-electron chi connectivity index (χ1n) is 5.78. The zero-order valence-electron chi connectivity index (χ0n) is 10.0. The lowest BCUT2D eigenvalue weighted by Gasteiger charge is -2.25. The summed E-state index contributed by atoms with van der Waals surface area (Å²) in [7, 11) is 0. The van der Waals surface area contributed by atoms with Crippen molar-refractivity contribution in [2.75, 3.05) is 6.54 Å². The number of hydrogen-bond donors (Lipinski definition) is 1. The second kappa shape index (κ2) is 4.23. The highest BCUT2D eigenvalue weighted by atomic mass is 16.2. The van der Waals surface area contributed by atoms with E-state index in [4.69, 9.17) is 0 Å². The molecule has 1 heterocycles. The molecule has 0 atom stereocenters. The van der Waals surface area contributed by atoms with Crippen LogP contribution in [0.4, 0.5) is 0 Å². The van der Waals surface area contributed by atoms with Crippen molar-refractivity contribution in [3.05, 3.63) is 11.6 Å². The van der Waals surface area contributed by atoms with E-state index < -0.39 is 0 Å². The topological polar surface area (TPSA) is 61.9 Å². The number of amides is 1. The van der Waals surface area contributed by atoms with Crippen LogP contribution >= 0.6 is 0 Å². The number of aromatic amines is 1. The van der Waals surface area contributed by atoms with Gasteiger partial charge in [-0.1, -0.05) is 0 Å². The summed E-state index contributed by atoms with van der Waals surface area (Å²) in [5.74, 6) is 1.59. The van der Waals surface area contributed by atoms with E-state index in [1.807, 2.05) is 18.7 Å². The van der Waals surface area contributed by atoms with Gasteiger partial charge < -0.3 is 4.90 Å². The number of nitrogens with zero attached hydrogens (tertiary/aromatic N) is 3. The average Bonchev–Trinajstić information content (AvgIpc) is 2.95. The van der Waals surface area contributed by atoms with Crippen molar-refractivity contribution >= 4 is 5.91 Å². The molecule has 1 aliphatic carbocycles. The fourth-order valence-corrected chi connectivity index (χ4v) is 1.67. The first kappa shape index (κ1) is 11.1. The molecule has 1 aliphatic rings. The van der Waals surface area contributed by atoms with Gasteiger partial charge >= 0.3 is 0 Å². The summed E-state index contributed by atoms with van der Waals surface area (Å²) in [5.41, 5.74) is 0. The van der Waals surface area contributed by atoms with Crippen molar-refractivity contribution < 1.29 is 4.79 Å². The van der Waals surface area contributed by atoms with Crippen molar-refractivity contribution in [1.29, 1.82) is 0 Å². The van der Waals surface area contributed by atoms with Gasteiger partial charge in [-0.2, -0.15) is 0 Å². The van der Waals surface area contributed by atoms with Gasteiger partial charge in [0.2, 0.25) is 5.82 Å². The fourth-order valence-electron chi connectivity index (χ4n) is 1.67. The SMILES string of the molecule is Cc1nc(C(=O)N(CC2CC2)C(C)C)n[nH]1. The molecule has 5 nitrogen and oxygen atoms in total. The number of rotatable bonds is 4. The van der Waals surface area contributed by atoms with Gasteiger partial charge in [0.05, 0.1) is 0 Å². The third kappa shape index (κ3) is 2.40. The highest BCUT2D eigenvalue weighted by Gasteiger charge is 2.30. The lowest BCUT2D eigenvalue weighted by atomic mass is 10.2. The third-order valence-corrected chi connectivity index (χ3v) is 2.82. The summed E-state index contributed by atoms with van der Waals surface area (Å²) in [6.45, 7) is 6.69. The van der Waals surface area contributed by atoms with E-state index in [1.165, 1.54) is 12.8 Å². The highest BCUT2D eigenvalue weighted by molar-refractivity contribution is 5.90.